The maximum Gasteiger partial charge on any atom is -0.0166 e. The molecule has 62 valence electrons. The molecule has 0 aliphatic heterocycles. The van der Waals surface area contributed by atoms with E-state index in [-0.39, 0.29) is 0 Å². The van der Waals surface area contributed by atoms with Crippen LogP contribution in [-0.4, -0.2) is 0 Å². The monoisotopic (exact) mass is 150 g/mol. The van der Waals surface area contributed by atoms with Crippen molar-refractivity contribution in [3.8, 4) is 0 Å². The van der Waals surface area contributed by atoms with Gasteiger partial charge in [0, 0.05) is 0 Å². The van der Waals surface area contributed by atoms with Gasteiger partial charge in [-0.3, -0.25) is 0 Å². The van der Waals surface area contributed by atoms with E-state index in [1.807, 2.05) is 0 Å². The Morgan fingerprint density at radius 2 is 1.36 bits per heavy atom. The van der Waals surface area contributed by atoms with Crippen LogP contribution in [0.25, 0.3) is 0 Å². The largest absolute Gasteiger partial charge is 0.0738 e. The molecule has 0 heteroatoms. The molecule has 0 unspecified atom stereocenters. The molecule has 0 aromatic carbocycles. The highest BCUT2D eigenvalue weighted by Crippen LogP contribution is 2.71. The lowest BCUT2D eigenvalue weighted by atomic mass is 9.92. The van der Waals surface area contributed by atoms with Gasteiger partial charge in [-0.15, -0.1) is 0 Å². The lowest BCUT2D eigenvalue weighted by molar-refractivity contribution is 0.399. The molecular weight excluding hydrogens is 132 g/mol. The Kier molecular flexibility index (Phi) is 1.16. The van der Waals surface area contributed by atoms with Crippen LogP contribution in [0.5, 0.6) is 0 Å². The molecule has 0 saturated heterocycles. The summed E-state index contributed by atoms with van der Waals surface area (Å²) in [6.07, 6.45) is 4.21. The van der Waals surface area contributed by atoms with Crippen LogP contribution < -0.4 is 0 Å². The first kappa shape index (κ1) is 7.39. The first-order valence-electron chi connectivity index (χ1n) is 4.62. The molecule has 0 bridgehead atoms. The minimum Gasteiger partial charge on any atom is -0.0738 e. The molecule has 2 rings (SSSR count). The number of hydrogen-bond donors (Lipinski definition) is 0. The van der Waals surface area contributed by atoms with E-state index in [9.17, 15) is 0 Å². The van der Waals surface area contributed by atoms with E-state index in [2.05, 4.69) is 27.7 Å². The zero-order chi connectivity index (χ0) is 8.28. The number of rotatable bonds is 0. The van der Waals surface area contributed by atoms with Crippen molar-refractivity contribution < 1.29 is 0 Å². The first-order chi connectivity index (χ1) is 4.97. The van der Waals surface area contributed by atoms with Gasteiger partial charge in [0.1, 0.15) is 0 Å². The van der Waals surface area contributed by atoms with Crippen LogP contribution in [-0.2, 0) is 0 Å². The van der Waals surface area contributed by atoms with Crippen LogP contribution >= 0.6 is 0 Å². The highest BCUT2D eigenvalue weighted by Gasteiger charge is 2.61. The summed E-state index contributed by atoms with van der Waals surface area (Å²) < 4.78 is 0. The number of allylic oxidation sites excluding steroid dienone is 2. The summed E-state index contributed by atoms with van der Waals surface area (Å²) in [6.45, 7) is 9.44. The summed E-state index contributed by atoms with van der Waals surface area (Å²) in [5, 5.41) is 0. The molecule has 0 atom stereocenters. The van der Waals surface area contributed by atoms with Crippen molar-refractivity contribution in [3.63, 3.8) is 0 Å². The average Bonchev–Trinajstić information content (AvgIpc) is 2.18. The van der Waals surface area contributed by atoms with Gasteiger partial charge in [0.15, 0.2) is 0 Å². The molecule has 1 spiro atoms. The highest BCUT2D eigenvalue weighted by molar-refractivity contribution is 5.29. The third kappa shape index (κ3) is 0.816. The van der Waals surface area contributed by atoms with E-state index in [1.54, 1.807) is 11.1 Å². The summed E-state index contributed by atoms with van der Waals surface area (Å²) in [5.74, 6) is 0. The van der Waals surface area contributed by atoms with Gasteiger partial charge >= 0.3 is 0 Å². The first-order valence-corrected chi connectivity index (χ1v) is 4.62. The Labute approximate surface area is 69.7 Å². The maximum atomic E-state index is 2.42. The van der Waals surface area contributed by atoms with E-state index in [4.69, 9.17) is 0 Å². The van der Waals surface area contributed by atoms with Gasteiger partial charge in [-0.25, -0.2) is 0 Å². The van der Waals surface area contributed by atoms with Gasteiger partial charge in [0.25, 0.3) is 0 Å². The summed E-state index contributed by atoms with van der Waals surface area (Å²) >= 11 is 0. The molecule has 0 nitrogen and oxygen atoms in total. The molecule has 0 aromatic rings. The predicted octanol–water partition coefficient (Wildman–Crippen LogP) is 3.53. The third-order valence-corrected chi connectivity index (χ3v) is 4.03. The van der Waals surface area contributed by atoms with Crippen molar-refractivity contribution >= 4 is 0 Å². The molecule has 2 aliphatic rings. The maximum absolute atomic E-state index is 2.42. The van der Waals surface area contributed by atoms with Crippen LogP contribution in [0.2, 0.25) is 0 Å². The second kappa shape index (κ2) is 1.73. The third-order valence-electron chi connectivity index (χ3n) is 4.03. The summed E-state index contributed by atoms with van der Waals surface area (Å²) in [6, 6.07) is 0. The minimum absolute atomic E-state index is 0.645. The molecule has 0 N–H and O–H groups in total. The summed E-state index contributed by atoms with van der Waals surface area (Å²) in [7, 11) is 0. The van der Waals surface area contributed by atoms with Crippen molar-refractivity contribution in [2.75, 3.05) is 0 Å². The van der Waals surface area contributed by atoms with Gasteiger partial charge in [-0.1, -0.05) is 25.0 Å². The molecule has 0 amide bonds. The average molecular weight is 150 g/mol. The summed E-state index contributed by atoms with van der Waals surface area (Å²) in [4.78, 5) is 0. The van der Waals surface area contributed by atoms with Crippen LogP contribution in [0, 0.1) is 10.8 Å². The van der Waals surface area contributed by atoms with Gasteiger partial charge in [0.05, 0.1) is 0 Å². The fourth-order valence-corrected chi connectivity index (χ4v) is 2.78. The molecule has 0 aromatic heterocycles. The highest BCUT2D eigenvalue weighted by atomic mass is 14.7. The van der Waals surface area contributed by atoms with Gasteiger partial charge in [0.2, 0.25) is 0 Å². The standard InChI is InChI=1S/C11H18/c1-8-5-11(6-9(8)2)7-10(11,3)4/h5-7H2,1-4H3. The SMILES string of the molecule is CC1=C(C)CC2(C1)CC2(C)C. The van der Waals surface area contributed by atoms with Gasteiger partial charge < -0.3 is 0 Å². The van der Waals surface area contributed by atoms with Crippen molar-refractivity contribution in [3.05, 3.63) is 11.1 Å². The van der Waals surface area contributed by atoms with E-state index in [0.29, 0.717) is 10.8 Å². The van der Waals surface area contributed by atoms with E-state index in [0.717, 1.165) is 0 Å². The van der Waals surface area contributed by atoms with Gasteiger partial charge in [-0.2, -0.15) is 0 Å². The lowest BCUT2D eigenvalue weighted by Gasteiger charge is -2.12. The van der Waals surface area contributed by atoms with E-state index >= 15 is 0 Å². The second-order valence-corrected chi connectivity index (χ2v) is 5.26. The molecule has 11 heavy (non-hydrogen) atoms. The fraction of sp³-hybridized carbons (Fsp3) is 0.818. The van der Waals surface area contributed by atoms with E-state index < -0.39 is 0 Å². The Hall–Kier alpha value is -0.260. The molecule has 2 aliphatic carbocycles. The quantitative estimate of drug-likeness (QED) is 0.463. The van der Waals surface area contributed by atoms with Crippen molar-refractivity contribution in [1.82, 2.24) is 0 Å². The Bertz CT molecular complexity index is 216. The Morgan fingerprint density at radius 1 is 1.00 bits per heavy atom. The van der Waals surface area contributed by atoms with Crippen molar-refractivity contribution in [2.24, 2.45) is 10.8 Å². The minimum atomic E-state index is 0.645. The Balaban J connectivity index is 2.18. The van der Waals surface area contributed by atoms with Crippen LogP contribution in [0.4, 0.5) is 0 Å². The fourth-order valence-electron chi connectivity index (χ4n) is 2.78. The number of hydrogen-bond acceptors (Lipinski definition) is 0. The molecule has 0 heterocycles. The second-order valence-electron chi connectivity index (χ2n) is 5.26. The molecule has 1 fully saturated rings. The van der Waals surface area contributed by atoms with Crippen LogP contribution in [0.3, 0.4) is 0 Å². The summed E-state index contributed by atoms with van der Waals surface area (Å²) in [5.41, 5.74) is 4.68. The smallest absolute Gasteiger partial charge is 0.0166 e. The van der Waals surface area contributed by atoms with Crippen LogP contribution in [0.15, 0.2) is 11.1 Å². The molecular formula is C11H18. The topological polar surface area (TPSA) is 0 Å². The lowest BCUT2D eigenvalue weighted by Crippen LogP contribution is -2.03. The predicted molar refractivity (Wildman–Crippen MR) is 48.4 cm³/mol. The Morgan fingerprint density at radius 3 is 1.55 bits per heavy atom. The van der Waals surface area contributed by atoms with Crippen LogP contribution in [0.1, 0.15) is 47.0 Å². The van der Waals surface area contributed by atoms with Crippen molar-refractivity contribution in [2.45, 2.75) is 47.0 Å². The molecule has 0 radical (unpaired) electrons. The van der Waals surface area contributed by atoms with E-state index in [1.165, 1.54) is 19.3 Å². The van der Waals surface area contributed by atoms with Gasteiger partial charge in [-0.05, 0) is 43.9 Å². The zero-order valence-corrected chi connectivity index (χ0v) is 8.12. The molecule has 1 saturated carbocycles. The zero-order valence-electron chi connectivity index (χ0n) is 8.12. The normalized spacial score (nSPS) is 31.6. The van der Waals surface area contributed by atoms with Crippen molar-refractivity contribution in [1.29, 1.82) is 0 Å².